The zero-order chi connectivity index (χ0) is 25.8. The molecule has 0 radical (unpaired) electrons. The number of carboxylic acids is 1. The lowest BCUT2D eigenvalue weighted by atomic mass is 9.86. The van der Waals surface area contributed by atoms with Crippen molar-refractivity contribution in [1.29, 1.82) is 0 Å². The zero-order valence-electron chi connectivity index (χ0n) is 20.2. The monoisotopic (exact) mass is 482 g/mol. The van der Waals surface area contributed by atoms with Gasteiger partial charge >= 0.3 is 18.0 Å². The first-order valence-corrected chi connectivity index (χ1v) is 11.4. The summed E-state index contributed by atoms with van der Waals surface area (Å²) in [5, 5.41) is 14.0. The highest BCUT2D eigenvalue weighted by Gasteiger charge is 2.38. The molecule has 0 saturated carbocycles. The minimum Gasteiger partial charge on any atom is -0.480 e. The van der Waals surface area contributed by atoms with E-state index in [1.165, 1.54) is 0 Å². The van der Waals surface area contributed by atoms with Gasteiger partial charge in [0, 0.05) is 5.92 Å². The van der Waals surface area contributed by atoms with Crippen LogP contribution in [0.2, 0.25) is 0 Å². The number of hydrogen-bond acceptors (Lipinski definition) is 6. The molecule has 0 aromatic heterocycles. The van der Waals surface area contributed by atoms with Gasteiger partial charge in [-0.2, -0.15) is 0 Å². The number of carbonyl (C=O) groups is 4. The third-order valence-electron chi connectivity index (χ3n) is 5.79. The van der Waals surface area contributed by atoms with E-state index in [0.717, 1.165) is 22.3 Å². The largest absolute Gasteiger partial charge is 0.480 e. The van der Waals surface area contributed by atoms with Crippen molar-refractivity contribution >= 4 is 23.9 Å². The number of amides is 2. The molecule has 2 aromatic carbocycles. The molecule has 2 atom stereocenters. The number of esters is 1. The van der Waals surface area contributed by atoms with Gasteiger partial charge in [0.25, 0.3) is 5.91 Å². The highest BCUT2D eigenvalue weighted by molar-refractivity contribution is 6.05. The molecule has 0 fully saturated rings. The van der Waals surface area contributed by atoms with E-state index in [2.05, 4.69) is 10.6 Å². The summed E-state index contributed by atoms with van der Waals surface area (Å²) in [5.74, 6) is -3.49. The molecule has 0 saturated heterocycles. The van der Waals surface area contributed by atoms with Gasteiger partial charge in [0.1, 0.15) is 12.6 Å². The topological polar surface area (TPSA) is 131 Å². The molecule has 1 aliphatic rings. The number of carbonyl (C=O) groups excluding carboxylic acids is 3. The predicted molar refractivity (Wildman–Crippen MR) is 128 cm³/mol. The number of hydrogen-bond donors (Lipinski definition) is 3. The highest BCUT2D eigenvalue weighted by Crippen LogP contribution is 2.44. The second-order valence-corrected chi connectivity index (χ2v) is 9.30. The number of aliphatic carboxylic acids is 1. The van der Waals surface area contributed by atoms with Crippen molar-refractivity contribution < 1.29 is 33.8 Å². The van der Waals surface area contributed by atoms with Gasteiger partial charge in [-0.05, 0) is 34.6 Å². The van der Waals surface area contributed by atoms with Gasteiger partial charge < -0.3 is 19.9 Å². The molecular weight excluding hydrogens is 452 g/mol. The average Bonchev–Trinajstić information content (AvgIpc) is 3.12. The van der Waals surface area contributed by atoms with Crippen molar-refractivity contribution in [3.8, 4) is 11.1 Å². The molecule has 3 rings (SSSR count). The van der Waals surface area contributed by atoms with Crippen LogP contribution >= 0.6 is 0 Å². The molecular formula is C26H30N2O7. The van der Waals surface area contributed by atoms with Crippen LogP contribution in [0, 0.1) is 5.41 Å². The standard InChI is InChI=1S/C26H30N2O7/c1-5-34-24(32)20(22(29)28-21(23(30)31)26(2,3)4)27-25(33)35-14-19-17-12-8-6-10-15(17)16-11-7-9-13-18(16)19/h6-13,19-21H,5,14H2,1-4H3,(H,27,33)(H,28,29)(H,30,31)/t20?,21-/m0/s1. The summed E-state index contributed by atoms with van der Waals surface area (Å²) in [4.78, 5) is 49.5. The normalized spacial score (nSPS) is 14.2. The molecule has 9 nitrogen and oxygen atoms in total. The summed E-state index contributed by atoms with van der Waals surface area (Å²) in [7, 11) is 0. The van der Waals surface area contributed by atoms with Crippen molar-refractivity contribution in [3.63, 3.8) is 0 Å². The third-order valence-corrected chi connectivity index (χ3v) is 5.79. The Morgan fingerprint density at radius 3 is 1.94 bits per heavy atom. The lowest BCUT2D eigenvalue weighted by Gasteiger charge is -2.29. The van der Waals surface area contributed by atoms with Crippen LogP contribution in [0.25, 0.3) is 11.1 Å². The van der Waals surface area contributed by atoms with E-state index in [1.807, 2.05) is 48.5 Å². The second kappa shape index (κ2) is 10.6. The fourth-order valence-corrected chi connectivity index (χ4v) is 4.09. The molecule has 0 spiro atoms. The second-order valence-electron chi connectivity index (χ2n) is 9.30. The maximum Gasteiger partial charge on any atom is 0.408 e. The molecule has 1 aliphatic carbocycles. The maximum absolute atomic E-state index is 12.8. The SMILES string of the molecule is CCOC(=O)C(NC(=O)OCC1c2ccccc2-c2ccccc21)C(=O)N[C@@H](C(=O)O)C(C)(C)C. The summed E-state index contributed by atoms with van der Waals surface area (Å²) >= 11 is 0. The van der Waals surface area contributed by atoms with Crippen LogP contribution in [0.3, 0.4) is 0 Å². The number of ether oxygens (including phenoxy) is 2. The minimum atomic E-state index is -1.77. The summed E-state index contributed by atoms with van der Waals surface area (Å²) in [5.41, 5.74) is 3.29. The molecule has 0 aliphatic heterocycles. The van der Waals surface area contributed by atoms with Crippen molar-refractivity contribution in [1.82, 2.24) is 10.6 Å². The summed E-state index contributed by atoms with van der Waals surface area (Å²) in [6, 6.07) is 12.6. The lowest BCUT2D eigenvalue weighted by molar-refractivity contribution is -0.152. The number of alkyl carbamates (subject to hydrolysis) is 1. The van der Waals surface area contributed by atoms with Crippen LogP contribution in [-0.2, 0) is 23.9 Å². The molecule has 186 valence electrons. The molecule has 3 N–H and O–H groups in total. The Bertz CT molecular complexity index is 1080. The Labute approximate surface area is 203 Å². The first-order chi connectivity index (χ1) is 16.5. The van der Waals surface area contributed by atoms with Crippen LogP contribution in [0.4, 0.5) is 4.79 Å². The summed E-state index contributed by atoms with van der Waals surface area (Å²) in [6.07, 6.45) is -0.998. The number of rotatable bonds is 8. The molecule has 9 heteroatoms. The Morgan fingerprint density at radius 2 is 1.46 bits per heavy atom. The van der Waals surface area contributed by atoms with E-state index in [1.54, 1.807) is 27.7 Å². The first kappa shape index (κ1) is 25.7. The van der Waals surface area contributed by atoms with E-state index >= 15 is 0 Å². The predicted octanol–water partition coefficient (Wildman–Crippen LogP) is 3.07. The Kier molecular flexibility index (Phi) is 7.78. The number of benzene rings is 2. The molecule has 0 bridgehead atoms. The lowest BCUT2D eigenvalue weighted by Crippen LogP contribution is -2.58. The average molecular weight is 483 g/mol. The van der Waals surface area contributed by atoms with Gasteiger partial charge in [0.15, 0.2) is 0 Å². The molecule has 0 heterocycles. The van der Waals surface area contributed by atoms with Crippen LogP contribution in [0.5, 0.6) is 0 Å². The van der Waals surface area contributed by atoms with Crippen LogP contribution in [0.1, 0.15) is 44.7 Å². The Hall–Kier alpha value is -3.88. The van der Waals surface area contributed by atoms with Crippen molar-refractivity contribution in [2.24, 2.45) is 5.41 Å². The molecule has 35 heavy (non-hydrogen) atoms. The van der Waals surface area contributed by atoms with E-state index < -0.39 is 41.4 Å². The van der Waals surface area contributed by atoms with E-state index in [9.17, 15) is 24.3 Å². The molecule has 2 amide bonds. The third kappa shape index (κ3) is 5.79. The summed E-state index contributed by atoms with van der Waals surface area (Å²) < 4.78 is 10.3. The minimum absolute atomic E-state index is 0.0171. The quantitative estimate of drug-likeness (QED) is 0.389. The molecule has 1 unspecified atom stereocenters. The van der Waals surface area contributed by atoms with E-state index in [-0.39, 0.29) is 19.1 Å². The van der Waals surface area contributed by atoms with E-state index in [4.69, 9.17) is 9.47 Å². The number of fused-ring (bicyclic) bond motifs is 3. The fraction of sp³-hybridized carbons (Fsp3) is 0.385. The highest BCUT2D eigenvalue weighted by atomic mass is 16.6. The van der Waals surface area contributed by atoms with Gasteiger partial charge in [-0.1, -0.05) is 69.3 Å². The first-order valence-electron chi connectivity index (χ1n) is 11.4. The van der Waals surface area contributed by atoms with Crippen LogP contribution < -0.4 is 10.6 Å². The smallest absolute Gasteiger partial charge is 0.408 e. The van der Waals surface area contributed by atoms with Crippen molar-refractivity contribution in [3.05, 3.63) is 59.7 Å². The van der Waals surface area contributed by atoms with Crippen molar-refractivity contribution in [2.75, 3.05) is 13.2 Å². The maximum atomic E-state index is 12.8. The van der Waals surface area contributed by atoms with Crippen molar-refractivity contribution in [2.45, 2.75) is 45.7 Å². The van der Waals surface area contributed by atoms with E-state index in [0.29, 0.717) is 0 Å². The summed E-state index contributed by atoms with van der Waals surface area (Å²) in [6.45, 7) is 6.39. The van der Waals surface area contributed by atoms with Gasteiger partial charge in [-0.3, -0.25) is 10.1 Å². The zero-order valence-corrected chi connectivity index (χ0v) is 20.2. The Balaban J connectivity index is 1.72. The van der Waals surface area contributed by atoms with Gasteiger partial charge in [0.05, 0.1) is 6.61 Å². The van der Waals surface area contributed by atoms with Crippen LogP contribution in [0.15, 0.2) is 48.5 Å². The van der Waals surface area contributed by atoms with Gasteiger partial charge in [-0.15, -0.1) is 0 Å². The van der Waals surface area contributed by atoms with Gasteiger partial charge in [-0.25, -0.2) is 14.4 Å². The number of carboxylic acid groups (broad SMARTS) is 1. The van der Waals surface area contributed by atoms with Gasteiger partial charge in [0.2, 0.25) is 6.04 Å². The van der Waals surface area contributed by atoms with Crippen LogP contribution in [-0.4, -0.2) is 54.3 Å². The molecule has 2 aromatic rings. The Morgan fingerprint density at radius 1 is 0.914 bits per heavy atom. The number of nitrogens with one attached hydrogen (secondary N) is 2. The fourth-order valence-electron chi connectivity index (χ4n) is 4.09.